The van der Waals surface area contributed by atoms with Crippen molar-refractivity contribution in [2.75, 3.05) is 0 Å². The van der Waals surface area contributed by atoms with Gasteiger partial charge in [-0.1, -0.05) is 76.7 Å². The minimum atomic E-state index is 1.22. The summed E-state index contributed by atoms with van der Waals surface area (Å²) in [5, 5.41) is 0. The Bertz CT molecular complexity index is 176. The number of allylic oxidation sites excluding steroid dienone is 4. The van der Waals surface area contributed by atoms with Gasteiger partial charge in [0.15, 0.2) is 0 Å². The van der Waals surface area contributed by atoms with E-state index in [4.69, 9.17) is 0 Å². The molecule has 0 nitrogen and oxygen atoms in total. The first-order valence-electron chi connectivity index (χ1n) is 7.71. The largest absolute Gasteiger partial charge is 0.0885 e. The van der Waals surface area contributed by atoms with Crippen LogP contribution >= 0.6 is 0 Å². The third-order valence-electron chi connectivity index (χ3n) is 3.01. The van der Waals surface area contributed by atoms with Gasteiger partial charge in [0.2, 0.25) is 0 Å². The topological polar surface area (TPSA) is 0 Å². The fourth-order valence-corrected chi connectivity index (χ4v) is 1.87. The second kappa shape index (κ2) is 15.5. The molecule has 0 aliphatic carbocycles. The Morgan fingerprint density at radius 3 is 1.65 bits per heavy atom. The van der Waals surface area contributed by atoms with Crippen LogP contribution in [0.2, 0.25) is 0 Å². The Labute approximate surface area is 109 Å². The summed E-state index contributed by atoms with van der Waals surface area (Å²) in [5.41, 5.74) is 0. The van der Waals surface area contributed by atoms with Crippen molar-refractivity contribution in [3.63, 3.8) is 0 Å². The van der Waals surface area contributed by atoms with E-state index in [-0.39, 0.29) is 0 Å². The summed E-state index contributed by atoms with van der Waals surface area (Å²) in [6.45, 7) is 4.50. The summed E-state index contributed by atoms with van der Waals surface area (Å²) in [6, 6.07) is 0. The molecule has 0 spiro atoms. The van der Waals surface area contributed by atoms with Gasteiger partial charge in [0, 0.05) is 0 Å². The third kappa shape index (κ3) is 15.5. The number of unbranched alkanes of at least 4 members (excludes halogenated alkanes) is 8. The van der Waals surface area contributed by atoms with E-state index in [9.17, 15) is 0 Å². The van der Waals surface area contributed by atoms with Crippen molar-refractivity contribution in [1.29, 1.82) is 0 Å². The maximum atomic E-state index is 2.37. The van der Waals surface area contributed by atoms with Crippen LogP contribution in [0.25, 0.3) is 0 Å². The fraction of sp³-hybridized carbons (Fsp3) is 0.765. The Morgan fingerprint density at radius 2 is 1.00 bits per heavy atom. The summed E-state index contributed by atoms with van der Waals surface area (Å²) in [4.78, 5) is 0. The van der Waals surface area contributed by atoms with Gasteiger partial charge in [-0.15, -0.1) is 0 Å². The van der Waals surface area contributed by atoms with Crippen LogP contribution in [0, 0.1) is 0 Å². The fourth-order valence-electron chi connectivity index (χ4n) is 1.87. The molecule has 0 aliphatic rings. The van der Waals surface area contributed by atoms with E-state index >= 15 is 0 Å². The SMILES string of the molecule is CCC/C=C/CC/C=C/CCCCCCCC. The first-order chi connectivity index (χ1) is 8.41. The molecule has 0 N–H and O–H groups in total. The maximum absolute atomic E-state index is 2.37. The summed E-state index contributed by atoms with van der Waals surface area (Å²) >= 11 is 0. The smallest absolute Gasteiger partial charge is 0.0316 e. The molecule has 0 aromatic carbocycles. The van der Waals surface area contributed by atoms with Crippen LogP contribution in [0.3, 0.4) is 0 Å². The van der Waals surface area contributed by atoms with Gasteiger partial charge in [-0.3, -0.25) is 0 Å². The predicted octanol–water partition coefficient (Wildman–Crippen LogP) is 6.43. The number of hydrogen-bond donors (Lipinski definition) is 0. The lowest BCUT2D eigenvalue weighted by Gasteiger charge is -1.97. The second-order valence-electron chi connectivity index (χ2n) is 4.87. The highest BCUT2D eigenvalue weighted by Crippen LogP contribution is 2.07. The Morgan fingerprint density at radius 1 is 0.471 bits per heavy atom. The highest BCUT2D eigenvalue weighted by atomic mass is 13.9. The third-order valence-corrected chi connectivity index (χ3v) is 3.01. The van der Waals surface area contributed by atoms with E-state index in [0.717, 1.165) is 0 Å². The molecule has 0 saturated carbocycles. The van der Waals surface area contributed by atoms with Gasteiger partial charge in [0.05, 0.1) is 0 Å². The van der Waals surface area contributed by atoms with Gasteiger partial charge >= 0.3 is 0 Å². The summed E-state index contributed by atoms with van der Waals surface area (Å²) in [5.74, 6) is 0. The number of hydrogen-bond acceptors (Lipinski definition) is 0. The van der Waals surface area contributed by atoms with Gasteiger partial charge in [0.25, 0.3) is 0 Å². The van der Waals surface area contributed by atoms with Crippen molar-refractivity contribution < 1.29 is 0 Å². The molecule has 0 aromatic heterocycles. The van der Waals surface area contributed by atoms with Crippen LogP contribution in [-0.2, 0) is 0 Å². The molecule has 0 amide bonds. The normalized spacial score (nSPS) is 11.9. The van der Waals surface area contributed by atoms with Crippen molar-refractivity contribution in [3.05, 3.63) is 24.3 Å². The molecule has 0 saturated heterocycles. The summed E-state index contributed by atoms with van der Waals surface area (Å²) in [7, 11) is 0. The molecule has 0 aromatic rings. The zero-order valence-corrected chi connectivity index (χ0v) is 12.1. The molecule has 0 heteroatoms. The van der Waals surface area contributed by atoms with E-state index in [1.807, 2.05) is 0 Å². The van der Waals surface area contributed by atoms with Crippen molar-refractivity contribution in [3.8, 4) is 0 Å². The van der Waals surface area contributed by atoms with Crippen LogP contribution in [0.15, 0.2) is 24.3 Å². The summed E-state index contributed by atoms with van der Waals surface area (Å²) in [6.07, 6.45) is 24.0. The highest BCUT2D eigenvalue weighted by molar-refractivity contribution is 4.87. The molecule has 100 valence electrons. The molecule has 0 heterocycles. The van der Waals surface area contributed by atoms with Gasteiger partial charge in [0.1, 0.15) is 0 Å². The first kappa shape index (κ1) is 16.5. The zero-order chi connectivity index (χ0) is 12.6. The Kier molecular flexibility index (Phi) is 15.0. The molecule has 0 radical (unpaired) electrons. The standard InChI is InChI=1S/C17H32/c1-3-5-7-9-11-13-15-17-16-14-12-10-8-6-4-2/h7,9,15,17H,3-6,8,10-14,16H2,1-2H3/b9-7+,17-15+. The van der Waals surface area contributed by atoms with E-state index in [0.29, 0.717) is 0 Å². The van der Waals surface area contributed by atoms with E-state index < -0.39 is 0 Å². The molecular weight excluding hydrogens is 204 g/mol. The molecule has 0 unspecified atom stereocenters. The quantitative estimate of drug-likeness (QED) is 0.270. The van der Waals surface area contributed by atoms with Crippen molar-refractivity contribution in [1.82, 2.24) is 0 Å². The summed E-state index contributed by atoms with van der Waals surface area (Å²) < 4.78 is 0. The maximum Gasteiger partial charge on any atom is -0.0316 e. The van der Waals surface area contributed by atoms with Crippen molar-refractivity contribution in [2.45, 2.75) is 84.5 Å². The minimum absolute atomic E-state index is 1.22. The second-order valence-corrected chi connectivity index (χ2v) is 4.87. The number of rotatable bonds is 12. The van der Waals surface area contributed by atoms with E-state index in [1.165, 1.54) is 70.6 Å². The zero-order valence-electron chi connectivity index (χ0n) is 12.1. The van der Waals surface area contributed by atoms with Gasteiger partial charge in [-0.2, -0.15) is 0 Å². The van der Waals surface area contributed by atoms with Crippen LogP contribution in [0.1, 0.15) is 84.5 Å². The van der Waals surface area contributed by atoms with Gasteiger partial charge in [-0.25, -0.2) is 0 Å². The molecular formula is C17H32. The molecule has 0 bridgehead atoms. The van der Waals surface area contributed by atoms with Crippen LogP contribution < -0.4 is 0 Å². The van der Waals surface area contributed by atoms with E-state index in [1.54, 1.807) is 0 Å². The average molecular weight is 236 g/mol. The predicted molar refractivity (Wildman–Crippen MR) is 80.4 cm³/mol. The Hall–Kier alpha value is -0.520. The van der Waals surface area contributed by atoms with Gasteiger partial charge in [-0.05, 0) is 32.1 Å². The van der Waals surface area contributed by atoms with Crippen molar-refractivity contribution in [2.24, 2.45) is 0 Å². The monoisotopic (exact) mass is 236 g/mol. The molecule has 0 rings (SSSR count). The molecule has 0 atom stereocenters. The molecule has 0 fully saturated rings. The van der Waals surface area contributed by atoms with Crippen LogP contribution in [0.4, 0.5) is 0 Å². The van der Waals surface area contributed by atoms with E-state index in [2.05, 4.69) is 38.2 Å². The Balaban J connectivity index is 3.09. The van der Waals surface area contributed by atoms with Crippen molar-refractivity contribution >= 4 is 0 Å². The van der Waals surface area contributed by atoms with Crippen LogP contribution in [0.5, 0.6) is 0 Å². The molecule has 17 heavy (non-hydrogen) atoms. The minimum Gasteiger partial charge on any atom is -0.0885 e. The van der Waals surface area contributed by atoms with Gasteiger partial charge < -0.3 is 0 Å². The lowest BCUT2D eigenvalue weighted by molar-refractivity contribution is 0.611. The first-order valence-corrected chi connectivity index (χ1v) is 7.71. The van der Waals surface area contributed by atoms with Crippen LogP contribution in [-0.4, -0.2) is 0 Å². The lowest BCUT2D eigenvalue weighted by Crippen LogP contribution is -1.77. The molecule has 0 aliphatic heterocycles. The lowest BCUT2D eigenvalue weighted by atomic mass is 10.1. The highest BCUT2D eigenvalue weighted by Gasteiger charge is 1.87. The average Bonchev–Trinajstić information content (AvgIpc) is 2.35.